The van der Waals surface area contributed by atoms with Crippen LogP contribution in [-0.2, 0) is 0 Å². The second-order valence-electron chi connectivity index (χ2n) is 7.27. The highest BCUT2D eigenvalue weighted by molar-refractivity contribution is 6.35. The highest BCUT2D eigenvalue weighted by atomic mass is 35.5. The molecule has 1 aliphatic carbocycles. The Balaban J connectivity index is 1.69. The van der Waals surface area contributed by atoms with Gasteiger partial charge in [0.05, 0.1) is 16.4 Å². The van der Waals surface area contributed by atoms with Gasteiger partial charge in [0.1, 0.15) is 0 Å². The molecule has 146 valence electrons. The first kappa shape index (κ1) is 18.4. The smallest absolute Gasteiger partial charge is 0.268 e. The van der Waals surface area contributed by atoms with Crippen LogP contribution in [0.3, 0.4) is 0 Å². The summed E-state index contributed by atoms with van der Waals surface area (Å²) in [6.07, 6.45) is 3.42. The second kappa shape index (κ2) is 7.32. The zero-order valence-electron chi connectivity index (χ0n) is 15.8. The molecule has 7 heteroatoms. The zero-order chi connectivity index (χ0) is 20.0. The Hall–Kier alpha value is -2.63. The SMILES string of the molecule is Cc1c(-c2nnc(C3CCC3)o2)nn(-c2ccc(Cl)cc2Cl)c1-c1ccccc1. The van der Waals surface area contributed by atoms with Gasteiger partial charge in [-0.25, -0.2) is 4.68 Å². The molecule has 5 rings (SSSR count). The van der Waals surface area contributed by atoms with Crippen LogP contribution in [0.15, 0.2) is 52.9 Å². The maximum Gasteiger partial charge on any atom is 0.268 e. The van der Waals surface area contributed by atoms with Crippen molar-refractivity contribution >= 4 is 23.2 Å². The van der Waals surface area contributed by atoms with Crippen molar-refractivity contribution in [2.45, 2.75) is 32.1 Å². The maximum atomic E-state index is 6.51. The van der Waals surface area contributed by atoms with Gasteiger partial charge in [0.15, 0.2) is 5.69 Å². The Morgan fingerprint density at radius 1 is 1.03 bits per heavy atom. The highest BCUT2D eigenvalue weighted by Gasteiger charge is 2.28. The van der Waals surface area contributed by atoms with Gasteiger partial charge in [0, 0.05) is 22.1 Å². The summed E-state index contributed by atoms with van der Waals surface area (Å²) in [5, 5.41) is 14.5. The van der Waals surface area contributed by atoms with Crippen molar-refractivity contribution in [2.24, 2.45) is 0 Å². The van der Waals surface area contributed by atoms with Crippen LogP contribution < -0.4 is 0 Å². The van der Waals surface area contributed by atoms with Gasteiger partial charge in [-0.05, 0) is 38.0 Å². The third-order valence-corrected chi connectivity index (χ3v) is 5.94. The monoisotopic (exact) mass is 424 g/mol. The van der Waals surface area contributed by atoms with Crippen molar-refractivity contribution in [1.29, 1.82) is 0 Å². The average Bonchev–Trinajstić information content (AvgIpc) is 3.26. The van der Waals surface area contributed by atoms with Gasteiger partial charge in [0.2, 0.25) is 5.89 Å². The van der Waals surface area contributed by atoms with Crippen molar-refractivity contribution in [1.82, 2.24) is 20.0 Å². The predicted molar refractivity (Wildman–Crippen MR) is 114 cm³/mol. The number of rotatable bonds is 4. The van der Waals surface area contributed by atoms with Crippen LogP contribution in [0.1, 0.15) is 36.6 Å². The molecule has 2 aromatic heterocycles. The Kier molecular flexibility index (Phi) is 4.64. The van der Waals surface area contributed by atoms with E-state index in [1.807, 2.05) is 48.0 Å². The van der Waals surface area contributed by atoms with Gasteiger partial charge in [0.25, 0.3) is 5.89 Å². The molecular formula is C22H18Cl2N4O. The summed E-state index contributed by atoms with van der Waals surface area (Å²) in [6.45, 7) is 2.01. The lowest BCUT2D eigenvalue weighted by Crippen LogP contribution is -2.08. The summed E-state index contributed by atoms with van der Waals surface area (Å²) in [5.41, 5.74) is 4.30. The van der Waals surface area contributed by atoms with E-state index in [9.17, 15) is 0 Å². The van der Waals surface area contributed by atoms with E-state index in [1.165, 1.54) is 6.42 Å². The van der Waals surface area contributed by atoms with Gasteiger partial charge in [-0.1, -0.05) is 60.0 Å². The van der Waals surface area contributed by atoms with Crippen LogP contribution in [0, 0.1) is 6.92 Å². The van der Waals surface area contributed by atoms with E-state index in [0.29, 0.717) is 33.4 Å². The Bertz CT molecular complexity index is 1180. The van der Waals surface area contributed by atoms with Crippen molar-refractivity contribution in [2.75, 3.05) is 0 Å². The first-order valence-corrected chi connectivity index (χ1v) is 10.3. The van der Waals surface area contributed by atoms with E-state index in [2.05, 4.69) is 10.2 Å². The van der Waals surface area contributed by atoms with Crippen molar-refractivity contribution in [3.63, 3.8) is 0 Å². The van der Waals surface area contributed by atoms with Crippen LogP contribution in [-0.4, -0.2) is 20.0 Å². The van der Waals surface area contributed by atoms with E-state index in [4.69, 9.17) is 32.7 Å². The maximum absolute atomic E-state index is 6.51. The van der Waals surface area contributed by atoms with E-state index in [1.54, 1.807) is 12.1 Å². The molecule has 2 heterocycles. The molecule has 29 heavy (non-hydrogen) atoms. The molecule has 5 nitrogen and oxygen atoms in total. The van der Waals surface area contributed by atoms with Gasteiger partial charge in [-0.2, -0.15) is 5.10 Å². The molecule has 1 aliphatic rings. The number of benzene rings is 2. The number of aromatic nitrogens is 4. The summed E-state index contributed by atoms with van der Waals surface area (Å²) >= 11 is 12.6. The van der Waals surface area contributed by atoms with Crippen molar-refractivity contribution in [3.05, 3.63) is 70.0 Å². The highest BCUT2D eigenvalue weighted by Crippen LogP contribution is 2.39. The molecule has 1 saturated carbocycles. The van der Waals surface area contributed by atoms with Crippen LogP contribution in [0.5, 0.6) is 0 Å². The molecule has 0 spiro atoms. The molecule has 0 amide bonds. The fourth-order valence-electron chi connectivity index (χ4n) is 3.61. The predicted octanol–water partition coefficient (Wildman–Crippen LogP) is 6.47. The lowest BCUT2D eigenvalue weighted by atomic mass is 9.85. The van der Waals surface area contributed by atoms with E-state index < -0.39 is 0 Å². The molecule has 0 atom stereocenters. The standard InChI is InChI=1S/C22H18Cl2N4O/c1-13-19(22-26-25-21(29-22)15-8-5-9-15)27-28(18-11-10-16(23)12-17(18)24)20(13)14-6-3-2-4-7-14/h2-4,6-7,10-12,15H,5,8-9H2,1H3. The number of halogens is 2. The molecule has 4 aromatic rings. The lowest BCUT2D eigenvalue weighted by molar-refractivity contribution is 0.338. The van der Waals surface area contributed by atoms with Gasteiger partial charge < -0.3 is 4.42 Å². The van der Waals surface area contributed by atoms with Gasteiger partial charge in [-0.15, -0.1) is 10.2 Å². The number of hydrogen-bond acceptors (Lipinski definition) is 4. The molecule has 0 radical (unpaired) electrons. The molecule has 0 bridgehead atoms. The summed E-state index contributed by atoms with van der Waals surface area (Å²) < 4.78 is 7.82. The Morgan fingerprint density at radius 3 is 2.52 bits per heavy atom. The number of hydrogen-bond donors (Lipinski definition) is 0. The van der Waals surface area contributed by atoms with Crippen LogP contribution in [0.2, 0.25) is 10.0 Å². The number of nitrogens with zero attached hydrogens (tertiary/aromatic N) is 4. The first-order chi connectivity index (χ1) is 14.1. The minimum Gasteiger partial charge on any atom is -0.419 e. The quantitative estimate of drug-likeness (QED) is 0.376. The lowest BCUT2D eigenvalue weighted by Gasteiger charge is -2.20. The molecule has 0 aliphatic heterocycles. The van der Waals surface area contributed by atoms with Gasteiger partial charge >= 0.3 is 0 Å². The summed E-state index contributed by atoms with van der Waals surface area (Å²) in [7, 11) is 0. The zero-order valence-corrected chi connectivity index (χ0v) is 17.3. The van der Waals surface area contributed by atoms with Crippen LogP contribution in [0.4, 0.5) is 0 Å². The molecule has 0 unspecified atom stereocenters. The fourth-order valence-corrected chi connectivity index (χ4v) is 4.10. The first-order valence-electron chi connectivity index (χ1n) is 9.56. The van der Waals surface area contributed by atoms with Crippen LogP contribution in [0.25, 0.3) is 28.5 Å². The molecule has 1 fully saturated rings. The Labute approximate surface area is 178 Å². The summed E-state index contributed by atoms with van der Waals surface area (Å²) in [6, 6.07) is 15.4. The Morgan fingerprint density at radius 2 is 1.83 bits per heavy atom. The third kappa shape index (κ3) is 3.24. The van der Waals surface area contributed by atoms with Crippen molar-refractivity contribution in [3.8, 4) is 28.5 Å². The van der Waals surface area contributed by atoms with Gasteiger partial charge in [-0.3, -0.25) is 0 Å². The second-order valence-corrected chi connectivity index (χ2v) is 8.11. The van der Waals surface area contributed by atoms with Crippen molar-refractivity contribution < 1.29 is 4.42 Å². The minimum atomic E-state index is 0.373. The fraction of sp³-hybridized carbons (Fsp3) is 0.227. The largest absolute Gasteiger partial charge is 0.419 e. The molecule has 2 aromatic carbocycles. The van der Waals surface area contributed by atoms with Crippen LogP contribution >= 0.6 is 23.2 Å². The topological polar surface area (TPSA) is 56.7 Å². The van der Waals surface area contributed by atoms with E-state index in [0.717, 1.165) is 35.3 Å². The normalized spacial score (nSPS) is 14.2. The molecule has 0 N–H and O–H groups in total. The summed E-state index contributed by atoms with van der Waals surface area (Å²) in [4.78, 5) is 0. The van der Waals surface area contributed by atoms with E-state index in [-0.39, 0.29) is 0 Å². The average molecular weight is 425 g/mol. The summed E-state index contributed by atoms with van der Waals surface area (Å²) in [5.74, 6) is 1.51. The molecular weight excluding hydrogens is 407 g/mol. The third-order valence-electron chi connectivity index (χ3n) is 5.40. The minimum absolute atomic E-state index is 0.373. The molecule has 0 saturated heterocycles. The van der Waals surface area contributed by atoms with E-state index >= 15 is 0 Å².